The SMILES string of the molecule is CC(OCC1CCCCO1)C(=O)NCC(Cc1cccc2ccccc12)C(=O)O. The number of rotatable bonds is 9. The minimum absolute atomic E-state index is 0.0390. The monoisotopic (exact) mass is 399 g/mol. The zero-order valence-electron chi connectivity index (χ0n) is 16.8. The van der Waals surface area contributed by atoms with Gasteiger partial charge in [0.25, 0.3) is 0 Å². The Morgan fingerprint density at radius 1 is 1.21 bits per heavy atom. The van der Waals surface area contributed by atoms with Gasteiger partial charge in [-0.1, -0.05) is 42.5 Å². The zero-order valence-corrected chi connectivity index (χ0v) is 16.8. The molecule has 29 heavy (non-hydrogen) atoms. The van der Waals surface area contributed by atoms with Gasteiger partial charge in [0.05, 0.1) is 18.6 Å². The summed E-state index contributed by atoms with van der Waals surface area (Å²) >= 11 is 0. The molecule has 0 aromatic heterocycles. The van der Waals surface area contributed by atoms with E-state index in [9.17, 15) is 14.7 Å². The molecule has 1 saturated heterocycles. The molecule has 1 heterocycles. The van der Waals surface area contributed by atoms with E-state index in [0.717, 1.165) is 42.2 Å². The van der Waals surface area contributed by atoms with E-state index in [2.05, 4.69) is 5.32 Å². The van der Waals surface area contributed by atoms with Crippen molar-refractivity contribution in [3.8, 4) is 0 Å². The van der Waals surface area contributed by atoms with Crippen LogP contribution in [-0.2, 0) is 25.5 Å². The Bertz CT molecular complexity index is 826. The van der Waals surface area contributed by atoms with E-state index in [1.165, 1.54) is 0 Å². The van der Waals surface area contributed by atoms with Gasteiger partial charge in [-0.25, -0.2) is 0 Å². The number of benzene rings is 2. The summed E-state index contributed by atoms with van der Waals surface area (Å²) < 4.78 is 11.2. The Balaban J connectivity index is 1.53. The van der Waals surface area contributed by atoms with Crippen molar-refractivity contribution < 1.29 is 24.2 Å². The largest absolute Gasteiger partial charge is 0.481 e. The van der Waals surface area contributed by atoms with Crippen LogP contribution in [0.15, 0.2) is 42.5 Å². The third-order valence-corrected chi connectivity index (χ3v) is 5.39. The van der Waals surface area contributed by atoms with E-state index < -0.39 is 18.0 Å². The average molecular weight is 399 g/mol. The summed E-state index contributed by atoms with van der Waals surface area (Å²) in [4.78, 5) is 24.1. The molecule has 3 unspecified atom stereocenters. The number of aliphatic carboxylic acids is 1. The molecule has 0 radical (unpaired) electrons. The number of fused-ring (bicyclic) bond motifs is 1. The van der Waals surface area contributed by atoms with Crippen LogP contribution < -0.4 is 5.32 Å². The maximum Gasteiger partial charge on any atom is 0.308 e. The lowest BCUT2D eigenvalue weighted by Gasteiger charge is -2.24. The second kappa shape index (κ2) is 10.4. The first-order valence-electron chi connectivity index (χ1n) is 10.2. The number of carbonyl (C=O) groups is 2. The Hall–Kier alpha value is -2.44. The summed E-state index contributed by atoms with van der Waals surface area (Å²) in [5.41, 5.74) is 0.962. The van der Waals surface area contributed by atoms with Crippen molar-refractivity contribution in [2.45, 2.75) is 44.8 Å². The minimum atomic E-state index is -0.928. The highest BCUT2D eigenvalue weighted by Gasteiger charge is 2.23. The minimum Gasteiger partial charge on any atom is -0.481 e. The number of carboxylic acid groups (broad SMARTS) is 1. The molecular weight excluding hydrogens is 370 g/mol. The highest BCUT2D eigenvalue weighted by molar-refractivity contribution is 5.86. The lowest BCUT2D eigenvalue weighted by molar-refractivity contribution is -0.142. The van der Waals surface area contributed by atoms with Gasteiger partial charge in [0, 0.05) is 13.2 Å². The van der Waals surface area contributed by atoms with Gasteiger partial charge < -0.3 is 19.9 Å². The molecule has 3 rings (SSSR count). The molecule has 1 fully saturated rings. The molecule has 3 atom stereocenters. The van der Waals surface area contributed by atoms with Crippen LogP contribution in [0.3, 0.4) is 0 Å². The molecule has 156 valence electrons. The Labute approximate surface area is 171 Å². The van der Waals surface area contributed by atoms with Crippen LogP contribution in [0.4, 0.5) is 0 Å². The third-order valence-electron chi connectivity index (χ3n) is 5.39. The van der Waals surface area contributed by atoms with E-state index >= 15 is 0 Å². The molecule has 0 saturated carbocycles. The number of carboxylic acids is 1. The van der Waals surface area contributed by atoms with Crippen molar-refractivity contribution >= 4 is 22.6 Å². The Morgan fingerprint density at radius 3 is 2.76 bits per heavy atom. The molecule has 1 aliphatic rings. The summed E-state index contributed by atoms with van der Waals surface area (Å²) in [6.07, 6.45) is 2.87. The van der Waals surface area contributed by atoms with Gasteiger partial charge in [-0.05, 0) is 48.9 Å². The van der Waals surface area contributed by atoms with Crippen molar-refractivity contribution in [1.29, 1.82) is 0 Å². The molecule has 0 spiro atoms. The van der Waals surface area contributed by atoms with E-state index in [1.807, 2.05) is 42.5 Å². The van der Waals surface area contributed by atoms with Gasteiger partial charge in [0.1, 0.15) is 6.10 Å². The standard InChI is InChI=1S/C23H29NO5/c1-16(29-15-20-10-4-5-12-28-20)22(25)24-14-19(23(26)27)13-18-9-6-8-17-7-2-3-11-21(17)18/h2-3,6-9,11,16,19-20H,4-5,10,12-15H2,1H3,(H,24,25)(H,26,27). The summed E-state index contributed by atoms with van der Waals surface area (Å²) in [7, 11) is 0. The molecular formula is C23H29NO5. The quantitative estimate of drug-likeness (QED) is 0.677. The van der Waals surface area contributed by atoms with Crippen LogP contribution in [0.2, 0.25) is 0 Å². The van der Waals surface area contributed by atoms with E-state index in [4.69, 9.17) is 9.47 Å². The van der Waals surface area contributed by atoms with Crippen LogP contribution >= 0.6 is 0 Å². The summed E-state index contributed by atoms with van der Waals surface area (Å²) in [6, 6.07) is 13.8. The molecule has 0 bridgehead atoms. The van der Waals surface area contributed by atoms with Gasteiger partial charge in [-0.3, -0.25) is 9.59 Å². The number of hydrogen-bond acceptors (Lipinski definition) is 4. The molecule has 2 aromatic carbocycles. The maximum absolute atomic E-state index is 12.3. The summed E-state index contributed by atoms with van der Waals surface area (Å²) in [6.45, 7) is 2.86. The first-order valence-corrected chi connectivity index (χ1v) is 10.2. The fourth-order valence-corrected chi connectivity index (χ4v) is 3.62. The summed E-state index contributed by atoms with van der Waals surface area (Å²) in [5, 5.41) is 14.5. The van der Waals surface area contributed by atoms with Gasteiger partial charge >= 0.3 is 5.97 Å². The van der Waals surface area contributed by atoms with Crippen LogP contribution in [0.1, 0.15) is 31.7 Å². The first-order chi connectivity index (χ1) is 14.0. The second-order valence-corrected chi connectivity index (χ2v) is 7.59. The Morgan fingerprint density at radius 2 is 2.00 bits per heavy atom. The lowest BCUT2D eigenvalue weighted by atomic mass is 9.95. The van der Waals surface area contributed by atoms with Crippen LogP contribution in [0.5, 0.6) is 0 Å². The number of nitrogens with one attached hydrogen (secondary N) is 1. The van der Waals surface area contributed by atoms with Gasteiger partial charge in [0.2, 0.25) is 5.91 Å². The van der Waals surface area contributed by atoms with Gasteiger partial charge in [-0.15, -0.1) is 0 Å². The summed E-state index contributed by atoms with van der Waals surface area (Å²) in [5.74, 6) is -1.94. The highest BCUT2D eigenvalue weighted by Crippen LogP contribution is 2.21. The van der Waals surface area contributed by atoms with Crippen molar-refractivity contribution in [2.75, 3.05) is 19.8 Å². The average Bonchev–Trinajstić information content (AvgIpc) is 2.75. The molecule has 2 N–H and O–H groups in total. The van der Waals surface area contributed by atoms with Crippen molar-refractivity contribution in [2.24, 2.45) is 5.92 Å². The van der Waals surface area contributed by atoms with Crippen LogP contribution in [0.25, 0.3) is 10.8 Å². The zero-order chi connectivity index (χ0) is 20.6. The number of carbonyl (C=O) groups excluding carboxylic acids is 1. The van der Waals surface area contributed by atoms with Crippen molar-refractivity contribution in [3.05, 3.63) is 48.0 Å². The van der Waals surface area contributed by atoms with Crippen LogP contribution in [-0.4, -0.2) is 48.9 Å². The van der Waals surface area contributed by atoms with Gasteiger partial charge in [0.15, 0.2) is 0 Å². The number of ether oxygens (including phenoxy) is 2. The van der Waals surface area contributed by atoms with E-state index in [-0.39, 0.29) is 18.6 Å². The normalized spacial score (nSPS) is 18.9. The fraction of sp³-hybridized carbons (Fsp3) is 0.478. The molecule has 6 nitrogen and oxygen atoms in total. The van der Waals surface area contributed by atoms with E-state index in [0.29, 0.717) is 13.0 Å². The first kappa shape index (κ1) is 21.3. The molecule has 6 heteroatoms. The molecule has 2 aromatic rings. The van der Waals surface area contributed by atoms with Gasteiger partial charge in [-0.2, -0.15) is 0 Å². The number of hydrogen-bond donors (Lipinski definition) is 2. The second-order valence-electron chi connectivity index (χ2n) is 7.59. The molecule has 0 aliphatic carbocycles. The predicted molar refractivity (Wildman–Crippen MR) is 111 cm³/mol. The molecule has 1 aliphatic heterocycles. The number of amides is 1. The van der Waals surface area contributed by atoms with E-state index in [1.54, 1.807) is 6.92 Å². The molecule has 1 amide bonds. The van der Waals surface area contributed by atoms with Crippen molar-refractivity contribution in [3.63, 3.8) is 0 Å². The lowest BCUT2D eigenvalue weighted by Crippen LogP contribution is -2.41. The highest BCUT2D eigenvalue weighted by atomic mass is 16.5. The third kappa shape index (κ3) is 6.02. The van der Waals surface area contributed by atoms with Crippen molar-refractivity contribution in [1.82, 2.24) is 5.32 Å². The maximum atomic E-state index is 12.3. The predicted octanol–water partition coefficient (Wildman–Crippen LogP) is 3.17. The fourth-order valence-electron chi connectivity index (χ4n) is 3.62. The van der Waals surface area contributed by atoms with Crippen LogP contribution in [0, 0.1) is 5.92 Å². The smallest absolute Gasteiger partial charge is 0.308 e. The Kier molecular flexibility index (Phi) is 7.61. The topological polar surface area (TPSA) is 84.9 Å².